The molecule has 0 atom stereocenters. The zero-order valence-corrected chi connectivity index (χ0v) is 13.4. The Labute approximate surface area is 144 Å². The lowest BCUT2D eigenvalue weighted by Crippen LogP contribution is -2.48. The van der Waals surface area contributed by atoms with E-state index in [1.807, 2.05) is 0 Å². The van der Waals surface area contributed by atoms with Crippen LogP contribution in [0.5, 0.6) is 5.75 Å². The fourth-order valence-corrected chi connectivity index (χ4v) is 2.56. The monoisotopic (exact) mass is 340 g/mol. The van der Waals surface area contributed by atoms with E-state index in [0.717, 1.165) is 0 Å². The molecule has 0 saturated heterocycles. The van der Waals surface area contributed by atoms with Crippen LogP contribution in [0.4, 0.5) is 10.1 Å². The number of para-hydroxylation sites is 1. The summed E-state index contributed by atoms with van der Waals surface area (Å²) in [5, 5.41) is 11.4. The van der Waals surface area contributed by atoms with Crippen LogP contribution in [0.3, 0.4) is 0 Å². The van der Waals surface area contributed by atoms with Gasteiger partial charge in [-0.1, -0.05) is 30.8 Å². The van der Waals surface area contributed by atoms with Crippen LogP contribution in [0.15, 0.2) is 54.0 Å². The maximum absolute atomic E-state index is 12.9. The standard InChI is InChI=1S/C18H17FN4O2/c1-11-14-3-2-4-15(24)18(14)21-16(10-20)23(11)22-17(25)9-12-5-7-13(19)8-6-12/h2-8,24H,1,9-10,20H2,(H,22,25). The number of hydrogen-bond donors (Lipinski definition) is 3. The highest BCUT2D eigenvalue weighted by Crippen LogP contribution is 2.38. The van der Waals surface area contributed by atoms with Crippen molar-refractivity contribution in [2.45, 2.75) is 6.42 Å². The number of amidine groups is 1. The van der Waals surface area contributed by atoms with E-state index in [4.69, 9.17) is 5.73 Å². The molecule has 2 aromatic carbocycles. The minimum atomic E-state index is -0.359. The van der Waals surface area contributed by atoms with Crippen molar-refractivity contribution in [1.82, 2.24) is 10.4 Å². The first-order valence-corrected chi connectivity index (χ1v) is 7.62. The Morgan fingerprint density at radius 2 is 2.00 bits per heavy atom. The van der Waals surface area contributed by atoms with Crippen molar-refractivity contribution in [2.75, 3.05) is 6.54 Å². The molecule has 0 bridgehead atoms. The third-order valence-corrected chi connectivity index (χ3v) is 3.79. The lowest BCUT2D eigenvalue weighted by atomic mass is 10.1. The van der Waals surface area contributed by atoms with Crippen LogP contribution in [0.1, 0.15) is 11.1 Å². The quantitative estimate of drug-likeness (QED) is 0.795. The van der Waals surface area contributed by atoms with Crippen molar-refractivity contribution in [1.29, 1.82) is 0 Å². The Morgan fingerprint density at radius 3 is 2.68 bits per heavy atom. The second kappa shape index (κ2) is 6.74. The number of nitrogens with zero attached hydrogens (tertiary/aromatic N) is 2. The normalized spacial score (nSPS) is 13.3. The predicted molar refractivity (Wildman–Crippen MR) is 93.4 cm³/mol. The molecule has 128 valence electrons. The van der Waals surface area contributed by atoms with Gasteiger partial charge in [0.05, 0.1) is 18.7 Å². The molecular formula is C18H17FN4O2. The molecule has 1 heterocycles. The fraction of sp³-hybridized carbons (Fsp3) is 0.111. The topological polar surface area (TPSA) is 90.9 Å². The van der Waals surface area contributed by atoms with Crippen LogP contribution in [0.2, 0.25) is 0 Å². The van der Waals surface area contributed by atoms with Gasteiger partial charge in [-0.25, -0.2) is 14.4 Å². The van der Waals surface area contributed by atoms with E-state index in [-0.39, 0.29) is 30.4 Å². The number of aromatic hydroxyl groups is 1. The first-order valence-electron chi connectivity index (χ1n) is 7.62. The number of benzene rings is 2. The number of phenols is 1. The molecule has 0 radical (unpaired) electrons. The maximum atomic E-state index is 12.9. The lowest BCUT2D eigenvalue weighted by Gasteiger charge is -2.32. The third-order valence-electron chi connectivity index (χ3n) is 3.79. The average molecular weight is 340 g/mol. The molecule has 1 amide bonds. The van der Waals surface area contributed by atoms with Gasteiger partial charge in [-0.05, 0) is 23.8 Å². The fourth-order valence-electron chi connectivity index (χ4n) is 2.56. The summed E-state index contributed by atoms with van der Waals surface area (Å²) in [4.78, 5) is 16.6. The smallest absolute Gasteiger partial charge is 0.243 e. The highest BCUT2D eigenvalue weighted by atomic mass is 19.1. The number of amides is 1. The third kappa shape index (κ3) is 3.36. The van der Waals surface area contributed by atoms with E-state index in [1.54, 1.807) is 24.3 Å². The average Bonchev–Trinajstić information content (AvgIpc) is 2.60. The van der Waals surface area contributed by atoms with Gasteiger partial charge in [0.25, 0.3) is 0 Å². The van der Waals surface area contributed by atoms with Gasteiger partial charge in [0.2, 0.25) is 5.91 Å². The summed E-state index contributed by atoms with van der Waals surface area (Å²) in [6.45, 7) is 4.01. The molecule has 1 aliphatic heterocycles. The van der Waals surface area contributed by atoms with E-state index in [0.29, 0.717) is 28.3 Å². The molecular weight excluding hydrogens is 323 g/mol. The molecule has 7 heteroatoms. The van der Waals surface area contributed by atoms with Gasteiger partial charge in [-0.15, -0.1) is 0 Å². The molecule has 0 saturated carbocycles. The number of carbonyl (C=O) groups excluding carboxylic acids is 1. The number of phenolic OH excluding ortho intramolecular Hbond substituents is 1. The van der Waals surface area contributed by atoms with Gasteiger partial charge in [0.15, 0.2) is 0 Å². The van der Waals surface area contributed by atoms with Crippen LogP contribution in [-0.4, -0.2) is 28.4 Å². The highest BCUT2D eigenvalue weighted by molar-refractivity contribution is 6.01. The second-order valence-electron chi connectivity index (χ2n) is 5.53. The minimum absolute atomic E-state index is 0.0156. The number of rotatable bonds is 4. The van der Waals surface area contributed by atoms with Crippen molar-refractivity contribution >= 4 is 23.1 Å². The Balaban J connectivity index is 1.81. The first-order chi connectivity index (χ1) is 12.0. The van der Waals surface area contributed by atoms with Gasteiger partial charge < -0.3 is 10.8 Å². The summed E-state index contributed by atoms with van der Waals surface area (Å²) < 4.78 is 12.9. The van der Waals surface area contributed by atoms with Gasteiger partial charge >= 0.3 is 0 Å². The Morgan fingerprint density at radius 1 is 1.28 bits per heavy atom. The molecule has 0 aliphatic carbocycles. The summed E-state index contributed by atoms with van der Waals surface area (Å²) in [7, 11) is 0. The summed E-state index contributed by atoms with van der Waals surface area (Å²) in [5.41, 5.74) is 10.5. The van der Waals surface area contributed by atoms with Crippen molar-refractivity contribution in [2.24, 2.45) is 10.7 Å². The van der Waals surface area contributed by atoms with Crippen LogP contribution in [0, 0.1) is 5.82 Å². The molecule has 4 N–H and O–H groups in total. The number of carbonyl (C=O) groups is 1. The van der Waals surface area contributed by atoms with Crippen LogP contribution in [-0.2, 0) is 11.2 Å². The van der Waals surface area contributed by atoms with Gasteiger partial charge in [-0.2, -0.15) is 0 Å². The SMILES string of the molecule is C=C1c2cccc(O)c2N=C(CN)N1NC(=O)Cc1ccc(F)cc1. The molecule has 2 aromatic rings. The predicted octanol–water partition coefficient (Wildman–Crippen LogP) is 2.08. The Kier molecular flexibility index (Phi) is 4.49. The molecule has 3 rings (SSSR count). The van der Waals surface area contributed by atoms with Crippen molar-refractivity contribution in [3.8, 4) is 5.75 Å². The summed E-state index contributed by atoms with van der Waals surface area (Å²) >= 11 is 0. The summed E-state index contributed by atoms with van der Waals surface area (Å²) in [6, 6.07) is 10.6. The summed E-state index contributed by atoms with van der Waals surface area (Å²) in [6.07, 6.45) is 0.0643. The van der Waals surface area contributed by atoms with E-state index >= 15 is 0 Å². The number of nitrogens with two attached hydrogens (primary N) is 1. The molecule has 25 heavy (non-hydrogen) atoms. The van der Waals surface area contributed by atoms with E-state index in [2.05, 4.69) is 17.0 Å². The molecule has 0 aromatic heterocycles. The molecule has 0 unspecified atom stereocenters. The second-order valence-corrected chi connectivity index (χ2v) is 5.53. The van der Waals surface area contributed by atoms with Gasteiger partial charge in [-0.3, -0.25) is 10.2 Å². The number of fused-ring (bicyclic) bond motifs is 1. The molecule has 0 fully saturated rings. The van der Waals surface area contributed by atoms with Gasteiger partial charge in [0.1, 0.15) is 23.1 Å². The Bertz CT molecular complexity index is 862. The number of halogens is 1. The minimum Gasteiger partial charge on any atom is -0.506 e. The zero-order chi connectivity index (χ0) is 18.0. The van der Waals surface area contributed by atoms with E-state index in [1.165, 1.54) is 23.2 Å². The van der Waals surface area contributed by atoms with Gasteiger partial charge in [0, 0.05) is 5.56 Å². The van der Waals surface area contributed by atoms with Crippen LogP contribution >= 0.6 is 0 Å². The van der Waals surface area contributed by atoms with E-state index < -0.39 is 0 Å². The maximum Gasteiger partial charge on any atom is 0.243 e. The summed E-state index contributed by atoms with van der Waals surface area (Å²) in [5.74, 6) is -0.312. The molecule has 6 nitrogen and oxygen atoms in total. The number of hydrazine groups is 1. The van der Waals surface area contributed by atoms with Crippen molar-refractivity contribution < 1.29 is 14.3 Å². The number of nitrogens with one attached hydrogen (secondary N) is 1. The number of aliphatic imine (C=N–C) groups is 1. The number of hydrogen-bond acceptors (Lipinski definition) is 5. The van der Waals surface area contributed by atoms with Crippen LogP contribution < -0.4 is 11.2 Å². The van der Waals surface area contributed by atoms with Crippen molar-refractivity contribution in [3.05, 3.63) is 66.0 Å². The Hall–Kier alpha value is -3.19. The van der Waals surface area contributed by atoms with E-state index in [9.17, 15) is 14.3 Å². The molecule has 0 spiro atoms. The first kappa shape index (κ1) is 16.7. The van der Waals surface area contributed by atoms with Crippen molar-refractivity contribution in [3.63, 3.8) is 0 Å². The van der Waals surface area contributed by atoms with Crippen LogP contribution in [0.25, 0.3) is 5.70 Å². The lowest BCUT2D eigenvalue weighted by molar-refractivity contribution is -0.122. The largest absolute Gasteiger partial charge is 0.506 e. The zero-order valence-electron chi connectivity index (χ0n) is 13.4. The highest BCUT2D eigenvalue weighted by Gasteiger charge is 2.26. The molecule has 1 aliphatic rings.